The highest BCUT2D eigenvalue weighted by atomic mass is 16.1. The molecule has 1 N–H and O–H groups in total. The van der Waals surface area contributed by atoms with Gasteiger partial charge in [-0.3, -0.25) is 4.79 Å². The summed E-state index contributed by atoms with van der Waals surface area (Å²) in [5.41, 5.74) is 4.36. The highest BCUT2D eigenvalue weighted by Gasteiger charge is 2.14. The zero-order valence-electron chi connectivity index (χ0n) is 14.8. The molecule has 0 aliphatic rings. The molecular weight excluding hydrogens is 318 g/mol. The Kier molecular flexibility index (Phi) is 5.85. The van der Waals surface area contributed by atoms with Crippen LogP contribution in [0.15, 0.2) is 84.9 Å². The first-order valence-electron chi connectivity index (χ1n) is 8.69. The van der Waals surface area contributed by atoms with Crippen molar-refractivity contribution in [1.29, 1.82) is 0 Å². The average Bonchev–Trinajstić information content (AvgIpc) is 2.69. The molecule has 0 saturated heterocycles. The number of hydrogen-bond acceptors (Lipinski definition) is 1. The maximum absolute atomic E-state index is 12.2. The molecule has 1 amide bonds. The Labute approximate surface area is 154 Å². The second-order valence-electron chi connectivity index (χ2n) is 6.20. The maximum Gasteiger partial charge on any atom is 0.296 e. The summed E-state index contributed by atoms with van der Waals surface area (Å²) < 4.78 is 0. The predicted molar refractivity (Wildman–Crippen MR) is 106 cm³/mol. The van der Waals surface area contributed by atoms with Crippen LogP contribution in [0.3, 0.4) is 0 Å². The van der Waals surface area contributed by atoms with E-state index in [9.17, 15) is 4.79 Å². The van der Waals surface area contributed by atoms with Crippen LogP contribution in [0.25, 0.3) is 0 Å². The van der Waals surface area contributed by atoms with Crippen LogP contribution in [0, 0.1) is 18.8 Å². The van der Waals surface area contributed by atoms with Crippen LogP contribution in [-0.4, -0.2) is 12.5 Å². The molecule has 0 radical (unpaired) electrons. The van der Waals surface area contributed by atoms with E-state index in [1.54, 1.807) is 0 Å². The van der Waals surface area contributed by atoms with Crippen molar-refractivity contribution in [2.45, 2.75) is 12.8 Å². The van der Waals surface area contributed by atoms with Crippen molar-refractivity contribution in [3.8, 4) is 11.8 Å². The number of amides is 1. The zero-order valence-corrected chi connectivity index (χ0v) is 14.8. The number of benzene rings is 3. The Balaban J connectivity index is 1.70. The van der Waals surface area contributed by atoms with Crippen LogP contribution < -0.4 is 5.32 Å². The summed E-state index contributed by atoms with van der Waals surface area (Å²) in [7, 11) is 0. The molecule has 0 atom stereocenters. The summed E-state index contributed by atoms with van der Waals surface area (Å²) >= 11 is 0. The van der Waals surface area contributed by atoms with Crippen LogP contribution in [-0.2, 0) is 4.79 Å². The fourth-order valence-electron chi connectivity index (χ4n) is 2.80. The van der Waals surface area contributed by atoms with Gasteiger partial charge in [0.25, 0.3) is 5.91 Å². The van der Waals surface area contributed by atoms with E-state index in [1.807, 2.05) is 67.6 Å². The average molecular weight is 339 g/mol. The first kappa shape index (κ1) is 17.5. The van der Waals surface area contributed by atoms with Crippen LogP contribution in [0.2, 0.25) is 0 Å². The standard InChI is InChI=1S/C24H21NO/c1-19-12-14-20(15-13-19)16-17-24(26)25-18-23(21-8-4-2-5-9-21)22-10-6-3-7-11-22/h2-15,23H,18H2,1H3,(H,25,26). The number of carbonyl (C=O) groups excluding carboxylic acids is 1. The van der Waals surface area contributed by atoms with Gasteiger partial charge in [0.15, 0.2) is 0 Å². The van der Waals surface area contributed by atoms with Gasteiger partial charge in [0.1, 0.15) is 0 Å². The SMILES string of the molecule is Cc1ccc(C#CC(=O)NCC(c2ccccc2)c2ccccc2)cc1. The Bertz CT molecular complexity index is 864. The molecule has 0 fully saturated rings. The molecule has 0 aliphatic heterocycles. The van der Waals surface area contributed by atoms with Crippen molar-refractivity contribution < 1.29 is 4.79 Å². The quantitative estimate of drug-likeness (QED) is 0.706. The van der Waals surface area contributed by atoms with E-state index in [4.69, 9.17) is 0 Å². The largest absolute Gasteiger partial charge is 0.344 e. The van der Waals surface area contributed by atoms with Gasteiger partial charge in [0.05, 0.1) is 0 Å². The lowest BCUT2D eigenvalue weighted by molar-refractivity contribution is -0.115. The number of hydrogen-bond donors (Lipinski definition) is 1. The van der Waals surface area contributed by atoms with Crippen molar-refractivity contribution in [2.24, 2.45) is 0 Å². The molecule has 0 aromatic heterocycles. The Morgan fingerprint density at radius 1 is 0.846 bits per heavy atom. The number of rotatable bonds is 4. The van der Waals surface area contributed by atoms with E-state index < -0.39 is 0 Å². The van der Waals surface area contributed by atoms with Gasteiger partial charge in [0.2, 0.25) is 0 Å². The van der Waals surface area contributed by atoms with E-state index in [0.29, 0.717) is 6.54 Å². The van der Waals surface area contributed by atoms with Crippen LogP contribution in [0.5, 0.6) is 0 Å². The normalized spacial score (nSPS) is 10.1. The van der Waals surface area contributed by atoms with Crippen LogP contribution >= 0.6 is 0 Å². The predicted octanol–water partition coefficient (Wildman–Crippen LogP) is 4.29. The third-order valence-electron chi connectivity index (χ3n) is 4.24. The molecule has 26 heavy (non-hydrogen) atoms. The van der Waals surface area contributed by atoms with Gasteiger partial charge in [-0.15, -0.1) is 0 Å². The maximum atomic E-state index is 12.2. The lowest BCUT2D eigenvalue weighted by Gasteiger charge is -2.18. The monoisotopic (exact) mass is 339 g/mol. The number of nitrogens with one attached hydrogen (secondary N) is 1. The molecule has 3 aromatic carbocycles. The molecule has 0 spiro atoms. The zero-order chi connectivity index (χ0) is 18.2. The van der Waals surface area contributed by atoms with E-state index in [0.717, 1.165) is 5.56 Å². The molecule has 0 aliphatic carbocycles. The van der Waals surface area contributed by atoms with Gasteiger partial charge < -0.3 is 5.32 Å². The topological polar surface area (TPSA) is 29.1 Å². The Hall–Kier alpha value is -3.31. The van der Waals surface area contributed by atoms with E-state index in [1.165, 1.54) is 16.7 Å². The first-order chi connectivity index (χ1) is 12.7. The van der Waals surface area contributed by atoms with E-state index >= 15 is 0 Å². The Morgan fingerprint density at radius 3 is 1.92 bits per heavy atom. The fourth-order valence-corrected chi connectivity index (χ4v) is 2.80. The molecule has 0 bridgehead atoms. The van der Waals surface area contributed by atoms with Gasteiger partial charge in [0, 0.05) is 23.9 Å². The van der Waals surface area contributed by atoms with Crippen molar-refractivity contribution in [1.82, 2.24) is 5.32 Å². The summed E-state index contributed by atoms with van der Waals surface area (Å²) in [5.74, 6) is 5.43. The molecule has 3 rings (SSSR count). The molecule has 128 valence electrons. The summed E-state index contributed by atoms with van der Waals surface area (Å²) in [6.07, 6.45) is 0. The van der Waals surface area contributed by atoms with Crippen LogP contribution in [0.4, 0.5) is 0 Å². The van der Waals surface area contributed by atoms with Crippen molar-refractivity contribution in [3.63, 3.8) is 0 Å². The molecule has 0 heterocycles. The molecule has 0 unspecified atom stereocenters. The number of aryl methyl sites for hydroxylation is 1. The summed E-state index contributed by atoms with van der Waals surface area (Å²) in [6.45, 7) is 2.53. The van der Waals surface area contributed by atoms with Gasteiger partial charge in [-0.1, -0.05) is 84.3 Å². The van der Waals surface area contributed by atoms with Crippen LogP contribution in [0.1, 0.15) is 28.2 Å². The van der Waals surface area contributed by atoms with E-state index in [2.05, 4.69) is 41.4 Å². The highest BCUT2D eigenvalue weighted by molar-refractivity contribution is 5.94. The van der Waals surface area contributed by atoms with Crippen molar-refractivity contribution in [2.75, 3.05) is 6.54 Å². The van der Waals surface area contributed by atoms with Gasteiger partial charge >= 0.3 is 0 Å². The molecule has 2 heteroatoms. The molecule has 3 aromatic rings. The number of carbonyl (C=O) groups is 1. The molecule has 0 saturated carbocycles. The fraction of sp³-hybridized carbons (Fsp3) is 0.125. The minimum absolute atomic E-state index is 0.0996. The highest BCUT2D eigenvalue weighted by Crippen LogP contribution is 2.23. The molecule has 2 nitrogen and oxygen atoms in total. The molecular formula is C24H21NO. The summed E-state index contributed by atoms with van der Waals surface area (Å²) in [5, 5.41) is 2.95. The summed E-state index contributed by atoms with van der Waals surface area (Å²) in [4.78, 5) is 12.2. The third-order valence-corrected chi connectivity index (χ3v) is 4.24. The van der Waals surface area contributed by atoms with Gasteiger partial charge in [-0.25, -0.2) is 0 Å². The van der Waals surface area contributed by atoms with Gasteiger partial charge in [-0.05, 0) is 30.2 Å². The minimum atomic E-state index is -0.262. The van der Waals surface area contributed by atoms with Crippen molar-refractivity contribution in [3.05, 3.63) is 107 Å². The smallest absolute Gasteiger partial charge is 0.296 e. The summed E-state index contributed by atoms with van der Waals surface area (Å²) in [6, 6.07) is 28.2. The second kappa shape index (κ2) is 8.69. The van der Waals surface area contributed by atoms with Gasteiger partial charge in [-0.2, -0.15) is 0 Å². The third kappa shape index (κ3) is 4.84. The second-order valence-corrected chi connectivity index (χ2v) is 6.20. The lowest BCUT2D eigenvalue weighted by Crippen LogP contribution is -2.27. The van der Waals surface area contributed by atoms with E-state index in [-0.39, 0.29) is 11.8 Å². The first-order valence-corrected chi connectivity index (χ1v) is 8.69. The lowest BCUT2D eigenvalue weighted by atomic mass is 9.91. The Morgan fingerprint density at radius 2 is 1.38 bits per heavy atom. The minimum Gasteiger partial charge on any atom is -0.344 e. The van der Waals surface area contributed by atoms with Crippen molar-refractivity contribution >= 4 is 5.91 Å².